The van der Waals surface area contributed by atoms with Gasteiger partial charge in [-0.05, 0) is 17.7 Å². The van der Waals surface area contributed by atoms with E-state index in [1.807, 2.05) is 0 Å². The average molecular weight is 341 g/mol. The Bertz CT molecular complexity index is 515. The predicted molar refractivity (Wildman–Crippen MR) is 56.0 cm³/mol. The van der Waals surface area contributed by atoms with E-state index >= 15 is 0 Å². The van der Waals surface area contributed by atoms with Crippen LogP contribution < -0.4 is 10.5 Å². The first-order valence-electron chi connectivity index (χ1n) is 5.44. The summed E-state index contributed by atoms with van der Waals surface area (Å²) in [7, 11) is 0. The zero-order chi connectivity index (χ0) is 17.3. The molecule has 0 heterocycles. The summed E-state index contributed by atoms with van der Waals surface area (Å²) in [5.74, 6) is -6.38. The second kappa shape index (κ2) is 5.86. The number of benzene rings is 1. The van der Waals surface area contributed by atoms with Gasteiger partial charge in [-0.2, -0.15) is 39.5 Å². The maximum Gasteiger partial charge on any atom is 0.461 e. The number of ether oxygens (including phenoxy) is 1. The van der Waals surface area contributed by atoms with Crippen molar-refractivity contribution in [3.8, 4) is 5.75 Å². The standard InChI is InChI=1S/C11H8F9NO/c12-8(13)10(16,17)22-6-3-1-2-5(4-6)7(21)9(14,15)11(18,19)20/h1-4,7-8H,21H2/t7-/m1/s1. The summed E-state index contributed by atoms with van der Waals surface area (Å²) in [6.45, 7) is 0. The molecule has 1 atom stereocenters. The van der Waals surface area contributed by atoms with Crippen molar-refractivity contribution in [1.82, 2.24) is 0 Å². The maximum absolute atomic E-state index is 13.0. The highest BCUT2D eigenvalue weighted by atomic mass is 19.4. The van der Waals surface area contributed by atoms with Crippen LogP contribution in [0.5, 0.6) is 5.75 Å². The van der Waals surface area contributed by atoms with Crippen LogP contribution in [0.2, 0.25) is 0 Å². The highest BCUT2D eigenvalue weighted by Crippen LogP contribution is 2.43. The zero-order valence-electron chi connectivity index (χ0n) is 10.4. The third-order valence-electron chi connectivity index (χ3n) is 2.49. The van der Waals surface area contributed by atoms with Crippen molar-refractivity contribution in [2.75, 3.05) is 0 Å². The number of halogens is 9. The van der Waals surface area contributed by atoms with E-state index in [2.05, 4.69) is 4.74 Å². The van der Waals surface area contributed by atoms with Crippen molar-refractivity contribution in [2.24, 2.45) is 5.73 Å². The minimum Gasteiger partial charge on any atom is -0.428 e. The number of nitrogens with two attached hydrogens (primary N) is 1. The Balaban J connectivity index is 3.07. The molecule has 0 spiro atoms. The van der Waals surface area contributed by atoms with Gasteiger partial charge in [0.25, 0.3) is 0 Å². The van der Waals surface area contributed by atoms with E-state index in [0.717, 1.165) is 6.07 Å². The normalized spacial score (nSPS) is 15.0. The first-order valence-corrected chi connectivity index (χ1v) is 5.44. The smallest absolute Gasteiger partial charge is 0.428 e. The van der Waals surface area contributed by atoms with E-state index in [1.54, 1.807) is 0 Å². The van der Waals surface area contributed by atoms with Crippen LogP contribution in [0.4, 0.5) is 39.5 Å². The SMILES string of the molecule is N[C@H](c1cccc(OC(F)(F)C(F)F)c1)C(F)(F)C(F)(F)F. The molecule has 126 valence electrons. The molecule has 0 aliphatic rings. The van der Waals surface area contributed by atoms with Crippen LogP contribution in [0.3, 0.4) is 0 Å². The average Bonchev–Trinajstić information content (AvgIpc) is 2.36. The largest absolute Gasteiger partial charge is 0.461 e. The second-order valence-electron chi connectivity index (χ2n) is 4.14. The molecule has 2 N–H and O–H groups in total. The molecule has 0 amide bonds. The maximum atomic E-state index is 13.0. The molecule has 0 aromatic heterocycles. The Hall–Kier alpha value is -1.65. The van der Waals surface area contributed by atoms with Crippen LogP contribution in [0.1, 0.15) is 11.6 Å². The van der Waals surface area contributed by atoms with E-state index < -0.39 is 42.0 Å². The minimum absolute atomic E-state index is 0.306. The molecule has 0 unspecified atom stereocenters. The van der Waals surface area contributed by atoms with E-state index in [4.69, 9.17) is 5.73 Å². The summed E-state index contributed by atoms with van der Waals surface area (Å²) >= 11 is 0. The number of alkyl halides is 9. The Morgan fingerprint density at radius 3 is 1.95 bits per heavy atom. The molecule has 2 nitrogen and oxygen atoms in total. The molecule has 22 heavy (non-hydrogen) atoms. The molecule has 0 fully saturated rings. The van der Waals surface area contributed by atoms with Crippen molar-refractivity contribution >= 4 is 0 Å². The Labute approximate surface area is 117 Å². The molecule has 1 rings (SSSR count). The second-order valence-corrected chi connectivity index (χ2v) is 4.14. The molecule has 0 aliphatic carbocycles. The van der Waals surface area contributed by atoms with Gasteiger partial charge >= 0.3 is 24.6 Å². The van der Waals surface area contributed by atoms with Crippen LogP contribution in [-0.2, 0) is 0 Å². The molecule has 0 saturated heterocycles. The van der Waals surface area contributed by atoms with Gasteiger partial charge in [-0.1, -0.05) is 12.1 Å². The Kier molecular flexibility index (Phi) is 4.90. The number of hydrogen-bond acceptors (Lipinski definition) is 2. The van der Waals surface area contributed by atoms with E-state index in [-0.39, 0.29) is 0 Å². The van der Waals surface area contributed by atoms with E-state index in [0.29, 0.717) is 18.2 Å². The zero-order valence-corrected chi connectivity index (χ0v) is 10.4. The van der Waals surface area contributed by atoms with Crippen molar-refractivity contribution in [3.05, 3.63) is 29.8 Å². The van der Waals surface area contributed by atoms with Crippen LogP contribution >= 0.6 is 0 Å². The van der Waals surface area contributed by atoms with Crippen LogP contribution in [0.15, 0.2) is 24.3 Å². The highest BCUT2D eigenvalue weighted by molar-refractivity contribution is 5.32. The first-order chi connectivity index (χ1) is 9.79. The molecule has 0 saturated carbocycles. The molecular formula is C11H8F9NO. The lowest BCUT2D eigenvalue weighted by Crippen LogP contribution is -2.45. The molecule has 11 heteroatoms. The molecule has 1 aromatic carbocycles. The Morgan fingerprint density at radius 1 is 0.955 bits per heavy atom. The van der Waals surface area contributed by atoms with E-state index in [9.17, 15) is 39.5 Å². The monoisotopic (exact) mass is 341 g/mol. The van der Waals surface area contributed by atoms with Crippen molar-refractivity contribution in [2.45, 2.75) is 30.7 Å². The lowest BCUT2D eigenvalue weighted by molar-refractivity contribution is -0.291. The third-order valence-corrected chi connectivity index (χ3v) is 2.49. The lowest BCUT2D eigenvalue weighted by atomic mass is 10.0. The summed E-state index contributed by atoms with van der Waals surface area (Å²) in [6.07, 6.45) is -15.1. The van der Waals surface area contributed by atoms with Gasteiger partial charge in [-0.15, -0.1) is 0 Å². The predicted octanol–water partition coefficient (Wildman–Crippen LogP) is 4.12. The molecule has 0 radical (unpaired) electrons. The minimum atomic E-state index is -5.98. The number of rotatable bonds is 5. The fraction of sp³-hybridized carbons (Fsp3) is 0.455. The van der Waals surface area contributed by atoms with Gasteiger partial charge in [0.1, 0.15) is 11.8 Å². The first kappa shape index (κ1) is 18.4. The third kappa shape index (κ3) is 3.76. The summed E-state index contributed by atoms with van der Waals surface area (Å²) in [5, 5.41) is 0. The molecule has 0 aliphatic heterocycles. The summed E-state index contributed by atoms with van der Waals surface area (Å²) in [4.78, 5) is 0. The van der Waals surface area contributed by atoms with E-state index in [1.165, 1.54) is 0 Å². The summed E-state index contributed by atoms with van der Waals surface area (Å²) < 4.78 is 115. The van der Waals surface area contributed by atoms with Crippen molar-refractivity contribution < 1.29 is 44.3 Å². The van der Waals surface area contributed by atoms with Gasteiger partial charge in [0.05, 0.1) is 0 Å². The fourth-order valence-electron chi connectivity index (χ4n) is 1.36. The fourth-order valence-corrected chi connectivity index (χ4v) is 1.36. The van der Waals surface area contributed by atoms with Crippen molar-refractivity contribution in [3.63, 3.8) is 0 Å². The lowest BCUT2D eigenvalue weighted by Gasteiger charge is -2.26. The van der Waals surface area contributed by atoms with Crippen LogP contribution in [-0.4, -0.2) is 24.6 Å². The Morgan fingerprint density at radius 2 is 1.50 bits per heavy atom. The van der Waals surface area contributed by atoms with Gasteiger partial charge < -0.3 is 10.5 Å². The quantitative estimate of drug-likeness (QED) is 0.818. The number of hydrogen-bond donors (Lipinski definition) is 1. The van der Waals surface area contributed by atoms with Crippen LogP contribution in [0.25, 0.3) is 0 Å². The van der Waals surface area contributed by atoms with Gasteiger partial charge in [0, 0.05) is 0 Å². The van der Waals surface area contributed by atoms with Gasteiger partial charge in [-0.25, -0.2) is 0 Å². The molecule has 0 bridgehead atoms. The van der Waals surface area contributed by atoms with Gasteiger partial charge in [0.2, 0.25) is 0 Å². The van der Waals surface area contributed by atoms with Crippen molar-refractivity contribution in [1.29, 1.82) is 0 Å². The highest BCUT2D eigenvalue weighted by Gasteiger charge is 2.61. The van der Waals surface area contributed by atoms with Gasteiger partial charge in [-0.3, -0.25) is 0 Å². The molecule has 1 aromatic rings. The summed E-state index contributed by atoms with van der Waals surface area (Å²) in [6, 6.07) is -0.481. The van der Waals surface area contributed by atoms with Crippen LogP contribution in [0, 0.1) is 0 Å². The summed E-state index contributed by atoms with van der Waals surface area (Å²) in [5.41, 5.74) is 3.88. The van der Waals surface area contributed by atoms with Gasteiger partial charge in [0.15, 0.2) is 0 Å². The topological polar surface area (TPSA) is 35.2 Å². The molecular weight excluding hydrogens is 333 g/mol.